The lowest BCUT2D eigenvalue weighted by atomic mass is 9.81. The van der Waals surface area contributed by atoms with Crippen molar-refractivity contribution in [3.63, 3.8) is 0 Å². The number of hydrogen-bond acceptors (Lipinski definition) is 13. The first-order chi connectivity index (χ1) is 30.0. The minimum atomic E-state index is -1.34. The molecule has 0 aliphatic heterocycles. The van der Waals surface area contributed by atoms with Crippen LogP contribution in [0.2, 0.25) is 0 Å². The van der Waals surface area contributed by atoms with E-state index in [0.717, 1.165) is 55.7 Å². The van der Waals surface area contributed by atoms with Crippen molar-refractivity contribution >= 4 is 111 Å². The minimum absolute atomic E-state index is 0.288. The fourth-order valence-corrected chi connectivity index (χ4v) is 9.06. The first-order valence-corrected chi connectivity index (χ1v) is 22.2. The summed E-state index contributed by atoms with van der Waals surface area (Å²) in [4.78, 5) is 47.4. The molecule has 9 rings (SSSR count). The first-order valence-electron chi connectivity index (χ1n) is 19.0. The summed E-state index contributed by atoms with van der Waals surface area (Å²) in [6.45, 7) is 4.37. The molecule has 0 radical (unpaired) electrons. The topological polar surface area (TPSA) is 169 Å². The summed E-state index contributed by atoms with van der Waals surface area (Å²) >= 11 is 7.90. The standard InChI is InChI=1S/C16H13NO2S.C14H9NO2S.C10H8BrNO2S.C6H7BO2/c1-2-19-16(18)12-8-9-13-14(10-12)20-15(17-13)11-6-4-3-5-7-11;16-14(17)10-6-7-11-12(8-10)18-13(15-11)9-4-2-1-3-5-9;1-2-14-9(13)6-3-4-7-8(5-6)15-10(11)12-7;8-7(9)6-4-2-1-3-5-6/h3-10H,2H2,1H3;1-8H,(H,16,17);3-5H,2H2,1H3;1-5,8-9H. The van der Waals surface area contributed by atoms with Crippen LogP contribution in [0.15, 0.2) is 150 Å². The molecule has 312 valence electrons. The van der Waals surface area contributed by atoms with Gasteiger partial charge in [-0.2, -0.15) is 0 Å². The van der Waals surface area contributed by atoms with Crippen molar-refractivity contribution in [3.05, 3.63) is 166 Å². The first kappa shape index (κ1) is 45.4. The Bertz CT molecular complexity index is 2910. The fourth-order valence-electron chi connectivity index (χ4n) is 5.60. The number of thiazole rings is 3. The van der Waals surface area contributed by atoms with Crippen molar-refractivity contribution in [1.82, 2.24) is 15.0 Å². The number of esters is 2. The molecule has 9 aromatic rings. The van der Waals surface area contributed by atoms with Gasteiger partial charge in [-0.3, -0.25) is 0 Å². The number of carbonyl (C=O) groups excluding carboxylic acids is 2. The smallest absolute Gasteiger partial charge is 0.478 e. The maximum absolute atomic E-state index is 11.7. The van der Waals surface area contributed by atoms with Gasteiger partial charge in [0.25, 0.3) is 0 Å². The number of fused-ring (bicyclic) bond motifs is 3. The van der Waals surface area contributed by atoms with Gasteiger partial charge >= 0.3 is 25.0 Å². The normalized spacial score (nSPS) is 10.4. The van der Waals surface area contributed by atoms with Gasteiger partial charge in [-0.15, -0.1) is 34.0 Å². The summed E-state index contributed by atoms with van der Waals surface area (Å²) in [6.07, 6.45) is 0. The summed E-state index contributed by atoms with van der Waals surface area (Å²) in [6, 6.07) is 44.4. The predicted molar refractivity (Wildman–Crippen MR) is 253 cm³/mol. The number of ether oxygens (including phenoxy) is 2. The molecule has 3 aromatic heterocycles. The van der Waals surface area contributed by atoms with E-state index in [4.69, 9.17) is 24.6 Å². The van der Waals surface area contributed by atoms with Gasteiger partial charge < -0.3 is 24.6 Å². The number of benzene rings is 6. The van der Waals surface area contributed by atoms with E-state index in [0.29, 0.717) is 35.4 Å². The highest BCUT2D eigenvalue weighted by Crippen LogP contribution is 2.32. The van der Waals surface area contributed by atoms with Crippen molar-refractivity contribution < 1.29 is 39.0 Å². The molecule has 6 aromatic carbocycles. The number of nitrogens with zero attached hydrogens (tertiary/aromatic N) is 3. The average Bonchev–Trinajstić information content (AvgIpc) is 4.03. The summed E-state index contributed by atoms with van der Waals surface area (Å²) in [7, 11) is -1.34. The number of carbonyl (C=O) groups is 3. The van der Waals surface area contributed by atoms with E-state index in [1.165, 1.54) is 22.7 Å². The third-order valence-electron chi connectivity index (χ3n) is 8.55. The van der Waals surface area contributed by atoms with E-state index in [1.807, 2.05) is 84.9 Å². The Hall–Kier alpha value is -6.14. The third kappa shape index (κ3) is 12.2. The number of aromatic carboxylic acids is 1. The highest BCUT2D eigenvalue weighted by Gasteiger charge is 2.13. The molecule has 0 atom stereocenters. The van der Waals surface area contributed by atoms with E-state index in [9.17, 15) is 14.4 Å². The lowest BCUT2D eigenvalue weighted by Crippen LogP contribution is -2.29. The monoisotopic (exact) mass is 945 g/mol. The van der Waals surface area contributed by atoms with E-state index in [2.05, 4.69) is 30.9 Å². The lowest BCUT2D eigenvalue weighted by Gasteiger charge is -2.00. The molecule has 0 aliphatic rings. The van der Waals surface area contributed by atoms with Gasteiger partial charge in [-0.25, -0.2) is 29.3 Å². The predicted octanol–water partition coefficient (Wildman–Crippen LogP) is 10.4. The van der Waals surface area contributed by atoms with Gasteiger partial charge in [0.2, 0.25) is 0 Å². The van der Waals surface area contributed by atoms with Crippen LogP contribution in [-0.2, 0) is 9.47 Å². The van der Waals surface area contributed by atoms with Crippen LogP contribution in [0.1, 0.15) is 44.9 Å². The number of carboxylic acids is 1. The average molecular weight is 947 g/mol. The fraction of sp³-hybridized carbons (Fsp3) is 0.0870. The molecular weight excluding hydrogens is 909 g/mol. The number of aromatic nitrogens is 3. The Morgan fingerprint density at radius 1 is 0.548 bits per heavy atom. The Morgan fingerprint density at radius 3 is 1.34 bits per heavy atom. The molecule has 0 saturated carbocycles. The van der Waals surface area contributed by atoms with Crippen LogP contribution >= 0.6 is 49.9 Å². The molecule has 3 N–H and O–H groups in total. The van der Waals surface area contributed by atoms with Crippen LogP contribution < -0.4 is 5.46 Å². The van der Waals surface area contributed by atoms with Crippen LogP contribution in [0.3, 0.4) is 0 Å². The molecular formula is C46H37BBrN3O8S3. The largest absolute Gasteiger partial charge is 0.488 e. The Kier molecular flexibility index (Phi) is 16.2. The van der Waals surface area contributed by atoms with Crippen LogP contribution in [0.4, 0.5) is 0 Å². The zero-order chi connectivity index (χ0) is 44.0. The van der Waals surface area contributed by atoms with Crippen molar-refractivity contribution in [1.29, 1.82) is 0 Å². The van der Waals surface area contributed by atoms with Gasteiger partial charge in [0, 0.05) is 11.1 Å². The second-order valence-electron chi connectivity index (χ2n) is 12.8. The van der Waals surface area contributed by atoms with Crippen molar-refractivity contribution in [3.8, 4) is 21.1 Å². The lowest BCUT2D eigenvalue weighted by molar-refractivity contribution is 0.0517. The second-order valence-corrected chi connectivity index (χ2v) is 17.2. The Balaban J connectivity index is 0.000000142. The molecule has 0 aliphatic carbocycles. The molecule has 11 nitrogen and oxygen atoms in total. The Morgan fingerprint density at radius 2 is 0.935 bits per heavy atom. The quantitative estimate of drug-likeness (QED) is 0.0979. The van der Waals surface area contributed by atoms with Gasteiger partial charge in [0.1, 0.15) is 10.0 Å². The molecule has 0 bridgehead atoms. The molecule has 0 fully saturated rings. The zero-order valence-electron chi connectivity index (χ0n) is 33.2. The van der Waals surface area contributed by atoms with Gasteiger partial charge in [-0.1, -0.05) is 91.0 Å². The van der Waals surface area contributed by atoms with E-state index in [1.54, 1.807) is 85.8 Å². The molecule has 16 heteroatoms. The van der Waals surface area contributed by atoms with E-state index >= 15 is 0 Å². The number of rotatable bonds is 8. The maximum atomic E-state index is 11.7. The number of halogens is 1. The minimum Gasteiger partial charge on any atom is -0.478 e. The highest BCUT2D eigenvalue weighted by molar-refractivity contribution is 9.11. The molecule has 0 amide bonds. The highest BCUT2D eigenvalue weighted by atomic mass is 79.9. The second kappa shape index (κ2) is 22.1. The van der Waals surface area contributed by atoms with Crippen LogP contribution in [0.25, 0.3) is 51.8 Å². The molecule has 0 saturated heterocycles. The molecule has 3 heterocycles. The van der Waals surface area contributed by atoms with E-state index in [-0.39, 0.29) is 11.9 Å². The molecule has 0 spiro atoms. The van der Waals surface area contributed by atoms with Crippen molar-refractivity contribution in [2.24, 2.45) is 0 Å². The van der Waals surface area contributed by atoms with E-state index < -0.39 is 13.1 Å². The van der Waals surface area contributed by atoms with Gasteiger partial charge in [0.15, 0.2) is 3.92 Å². The zero-order valence-corrected chi connectivity index (χ0v) is 37.2. The van der Waals surface area contributed by atoms with Gasteiger partial charge in [-0.05, 0) is 89.8 Å². The third-order valence-corrected chi connectivity index (χ3v) is 12.2. The maximum Gasteiger partial charge on any atom is 0.488 e. The van der Waals surface area contributed by atoms with Crippen molar-refractivity contribution in [2.45, 2.75) is 13.8 Å². The summed E-state index contributed by atoms with van der Waals surface area (Å²) < 4.78 is 13.6. The molecule has 62 heavy (non-hydrogen) atoms. The number of carboxylic acid groups (broad SMARTS) is 1. The summed E-state index contributed by atoms with van der Waals surface area (Å²) in [5.74, 6) is -1.49. The summed E-state index contributed by atoms with van der Waals surface area (Å²) in [5.41, 5.74) is 6.74. The SMILES string of the molecule is CCOC(=O)c1ccc2nc(-c3ccccc3)sc2c1.CCOC(=O)c1ccc2nc(Br)sc2c1.O=C(O)c1ccc2nc(-c3ccccc3)sc2c1.OB(O)c1ccccc1. The molecule has 0 unspecified atom stereocenters. The summed E-state index contributed by atoms with van der Waals surface area (Å²) in [5, 5.41) is 28.0. The van der Waals surface area contributed by atoms with Crippen LogP contribution in [0.5, 0.6) is 0 Å². The van der Waals surface area contributed by atoms with Gasteiger partial charge in [0.05, 0.1) is 60.6 Å². The van der Waals surface area contributed by atoms with Crippen LogP contribution in [-0.4, -0.2) is 68.3 Å². The van der Waals surface area contributed by atoms with Crippen molar-refractivity contribution in [2.75, 3.05) is 13.2 Å². The number of hydrogen-bond donors (Lipinski definition) is 3. The van der Waals surface area contributed by atoms with Crippen LogP contribution in [0, 0.1) is 0 Å². The Labute approximate surface area is 377 Å².